The van der Waals surface area contributed by atoms with E-state index in [0.717, 1.165) is 25.8 Å². The number of aliphatic hydroxyl groups is 1. The molecule has 0 aliphatic heterocycles. The van der Waals surface area contributed by atoms with E-state index in [1.807, 2.05) is 0 Å². The molecule has 0 spiro atoms. The predicted octanol–water partition coefficient (Wildman–Crippen LogP) is 1.07. The van der Waals surface area contributed by atoms with Gasteiger partial charge in [-0.3, -0.25) is 0 Å². The largest absolute Gasteiger partial charge is 0.393 e. The highest BCUT2D eigenvalue weighted by Crippen LogP contribution is 2.19. The van der Waals surface area contributed by atoms with Crippen LogP contribution in [0.3, 0.4) is 0 Å². The third-order valence-electron chi connectivity index (χ3n) is 2.25. The fourth-order valence-electron chi connectivity index (χ4n) is 1.17. The molecule has 0 radical (unpaired) electrons. The van der Waals surface area contributed by atoms with Gasteiger partial charge < -0.3 is 10.4 Å². The molecule has 0 bridgehead atoms. The van der Waals surface area contributed by atoms with E-state index in [-0.39, 0.29) is 6.10 Å². The van der Waals surface area contributed by atoms with Gasteiger partial charge in [0.15, 0.2) is 0 Å². The summed E-state index contributed by atoms with van der Waals surface area (Å²) in [5.41, 5.74) is 1.24. The van der Waals surface area contributed by atoms with Crippen LogP contribution in [0.15, 0.2) is 12.2 Å². The molecule has 0 aromatic rings. The van der Waals surface area contributed by atoms with E-state index >= 15 is 0 Å². The summed E-state index contributed by atoms with van der Waals surface area (Å²) in [6.45, 7) is 6.92. The molecule has 0 aromatic heterocycles. The smallest absolute Gasteiger partial charge is 0.0570 e. The van der Waals surface area contributed by atoms with Crippen molar-refractivity contribution in [2.75, 3.05) is 6.54 Å². The quantitative estimate of drug-likeness (QED) is 0.595. The van der Waals surface area contributed by atoms with E-state index in [0.29, 0.717) is 6.04 Å². The molecule has 0 unspecified atom stereocenters. The maximum atomic E-state index is 8.98. The lowest BCUT2D eigenvalue weighted by Gasteiger charge is -2.32. The first-order valence-electron chi connectivity index (χ1n) is 4.30. The number of hydrogen-bond acceptors (Lipinski definition) is 2. The zero-order valence-corrected chi connectivity index (χ0v) is 7.14. The number of hydrogen-bond donors (Lipinski definition) is 2. The minimum Gasteiger partial charge on any atom is -0.393 e. The van der Waals surface area contributed by atoms with E-state index in [2.05, 4.69) is 18.8 Å². The van der Waals surface area contributed by atoms with Crippen molar-refractivity contribution in [1.29, 1.82) is 0 Å². The van der Waals surface area contributed by atoms with Crippen LogP contribution in [0.4, 0.5) is 0 Å². The Morgan fingerprint density at radius 3 is 2.73 bits per heavy atom. The summed E-state index contributed by atoms with van der Waals surface area (Å²) in [7, 11) is 0. The van der Waals surface area contributed by atoms with Gasteiger partial charge in [-0.25, -0.2) is 0 Å². The molecule has 1 aliphatic rings. The summed E-state index contributed by atoms with van der Waals surface area (Å²) in [4.78, 5) is 0. The Morgan fingerprint density at radius 1 is 1.64 bits per heavy atom. The lowest BCUT2D eigenvalue weighted by atomic mass is 9.89. The van der Waals surface area contributed by atoms with Gasteiger partial charge in [-0.15, -0.1) is 0 Å². The van der Waals surface area contributed by atoms with E-state index < -0.39 is 0 Å². The van der Waals surface area contributed by atoms with Crippen LogP contribution in [-0.2, 0) is 0 Å². The van der Waals surface area contributed by atoms with Crippen molar-refractivity contribution >= 4 is 0 Å². The monoisotopic (exact) mass is 155 g/mol. The molecule has 2 N–H and O–H groups in total. The van der Waals surface area contributed by atoms with E-state index in [1.165, 1.54) is 5.57 Å². The van der Waals surface area contributed by atoms with Crippen molar-refractivity contribution < 1.29 is 5.11 Å². The average molecular weight is 155 g/mol. The van der Waals surface area contributed by atoms with E-state index in [4.69, 9.17) is 5.11 Å². The molecule has 1 fully saturated rings. The fraction of sp³-hybridized carbons (Fsp3) is 0.778. The van der Waals surface area contributed by atoms with Crippen molar-refractivity contribution in [2.45, 2.75) is 38.3 Å². The van der Waals surface area contributed by atoms with Gasteiger partial charge in [-0.2, -0.15) is 0 Å². The van der Waals surface area contributed by atoms with E-state index in [1.54, 1.807) is 0 Å². The molecular weight excluding hydrogens is 138 g/mol. The summed E-state index contributed by atoms with van der Waals surface area (Å²) in [6.07, 6.45) is 2.82. The van der Waals surface area contributed by atoms with Gasteiger partial charge >= 0.3 is 0 Å². The zero-order valence-electron chi connectivity index (χ0n) is 7.14. The summed E-state index contributed by atoms with van der Waals surface area (Å²) < 4.78 is 0. The maximum absolute atomic E-state index is 8.98. The summed E-state index contributed by atoms with van der Waals surface area (Å²) in [5.74, 6) is 0. The maximum Gasteiger partial charge on any atom is 0.0570 e. The van der Waals surface area contributed by atoms with Crippen molar-refractivity contribution in [3.05, 3.63) is 12.2 Å². The Balaban J connectivity index is 2.00. The summed E-state index contributed by atoms with van der Waals surface area (Å²) in [6, 6.07) is 0.535. The topological polar surface area (TPSA) is 32.3 Å². The highest BCUT2D eigenvalue weighted by atomic mass is 16.3. The van der Waals surface area contributed by atoms with Gasteiger partial charge in [0.1, 0.15) is 0 Å². The number of rotatable bonds is 4. The van der Waals surface area contributed by atoms with Crippen LogP contribution in [0.2, 0.25) is 0 Å². The Kier molecular flexibility index (Phi) is 3.09. The number of nitrogens with one attached hydrogen (secondary N) is 1. The first kappa shape index (κ1) is 8.75. The van der Waals surface area contributed by atoms with Crippen molar-refractivity contribution in [2.24, 2.45) is 0 Å². The van der Waals surface area contributed by atoms with Gasteiger partial charge in [-0.05, 0) is 19.3 Å². The number of aliphatic hydroxyl groups excluding tert-OH is 1. The highest BCUT2D eigenvalue weighted by molar-refractivity contribution is 4.97. The second-order valence-corrected chi connectivity index (χ2v) is 3.31. The molecule has 0 saturated heterocycles. The van der Waals surface area contributed by atoms with Gasteiger partial charge in [0.2, 0.25) is 0 Å². The minimum absolute atomic E-state index is 0.0533. The van der Waals surface area contributed by atoms with Gasteiger partial charge in [0, 0.05) is 12.6 Å². The molecule has 1 rings (SSSR count). The average Bonchev–Trinajstić information content (AvgIpc) is 1.95. The van der Waals surface area contributed by atoms with Crippen molar-refractivity contribution in [3.63, 3.8) is 0 Å². The van der Waals surface area contributed by atoms with Crippen molar-refractivity contribution in [3.8, 4) is 0 Å². The molecule has 0 aromatic carbocycles. The zero-order chi connectivity index (χ0) is 8.27. The van der Waals surface area contributed by atoms with Crippen LogP contribution < -0.4 is 5.32 Å². The molecule has 1 saturated carbocycles. The summed E-state index contributed by atoms with van der Waals surface area (Å²) >= 11 is 0. The minimum atomic E-state index is -0.0533. The summed E-state index contributed by atoms with van der Waals surface area (Å²) in [5, 5.41) is 12.3. The molecule has 1 aliphatic carbocycles. The Labute approximate surface area is 68.3 Å². The van der Waals surface area contributed by atoms with Crippen LogP contribution in [0.5, 0.6) is 0 Å². The molecule has 2 heteroatoms. The molecule has 64 valence electrons. The van der Waals surface area contributed by atoms with Gasteiger partial charge in [0.05, 0.1) is 6.10 Å². The lowest BCUT2D eigenvalue weighted by Crippen LogP contribution is -2.44. The second kappa shape index (κ2) is 3.88. The predicted molar refractivity (Wildman–Crippen MR) is 46.5 cm³/mol. The van der Waals surface area contributed by atoms with Gasteiger partial charge in [-0.1, -0.05) is 19.1 Å². The van der Waals surface area contributed by atoms with Crippen LogP contribution in [0.25, 0.3) is 0 Å². The fourth-order valence-corrected chi connectivity index (χ4v) is 1.17. The third-order valence-corrected chi connectivity index (χ3v) is 2.25. The van der Waals surface area contributed by atoms with Crippen LogP contribution in [-0.4, -0.2) is 23.8 Å². The molecular formula is C9H17NO. The SMILES string of the molecule is C=C(CC)CNC1CC(O)C1. The third kappa shape index (κ3) is 2.64. The normalized spacial score (nSPS) is 29.6. The second-order valence-electron chi connectivity index (χ2n) is 3.31. The van der Waals surface area contributed by atoms with E-state index in [9.17, 15) is 0 Å². The van der Waals surface area contributed by atoms with Crippen LogP contribution in [0, 0.1) is 0 Å². The Morgan fingerprint density at radius 2 is 2.27 bits per heavy atom. The van der Waals surface area contributed by atoms with Crippen molar-refractivity contribution in [1.82, 2.24) is 5.32 Å². The van der Waals surface area contributed by atoms with Crippen LogP contribution >= 0.6 is 0 Å². The van der Waals surface area contributed by atoms with Crippen LogP contribution in [0.1, 0.15) is 26.2 Å². The Bertz CT molecular complexity index is 138. The lowest BCUT2D eigenvalue weighted by molar-refractivity contribution is 0.0637. The first-order valence-corrected chi connectivity index (χ1v) is 4.30. The molecule has 0 atom stereocenters. The Hall–Kier alpha value is -0.340. The molecule has 0 amide bonds. The molecule has 11 heavy (non-hydrogen) atoms. The molecule has 0 heterocycles. The molecule has 2 nitrogen and oxygen atoms in total. The highest BCUT2D eigenvalue weighted by Gasteiger charge is 2.26. The first-order chi connectivity index (χ1) is 5.22. The van der Waals surface area contributed by atoms with Gasteiger partial charge in [0.25, 0.3) is 0 Å². The standard InChI is InChI=1S/C9H17NO/c1-3-7(2)6-10-8-4-9(11)5-8/h8-11H,2-6H2,1H3.